The van der Waals surface area contributed by atoms with Crippen molar-refractivity contribution in [2.75, 3.05) is 38.6 Å². The molecule has 2 aromatic carbocycles. The Morgan fingerprint density at radius 1 is 1.21 bits per heavy atom. The summed E-state index contributed by atoms with van der Waals surface area (Å²) in [5.41, 5.74) is 3.00. The Labute approximate surface area is 244 Å². The summed E-state index contributed by atoms with van der Waals surface area (Å²) in [6.07, 6.45) is 2.23. The molecular weight excluding hydrogens is 570 g/mol. The number of aromatic amines is 2. The van der Waals surface area contributed by atoms with Gasteiger partial charge < -0.3 is 34.9 Å². The molecule has 2 aliphatic heterocycles. The Balaban J connectivity index is 1.18. The molecule has 0 saturated carbocycles. The third kappa shape index (κ3) is 5.44. The standard InChI is InChI=1S/C29H29ClF2N6O4/c1-37-6-3-17(4-7-37)38-13-15-8-22-23(11-19(15)29(38)41)36-27(35-22)25-21(2-5-33-28(25)40)34-12-18(39)14-42-24-10-16(31)9-20(32)26(24)30/h2,5,8-11,17-18,39H,3-4,6-7,12-14H2,1H3,(H,35,36)(H2,33,34,40)/t18-/m1/s1. The Bertz CT molecular complexity index is 1720. The number of rotatable bonds is 8. The van der Waals surface area contributed by atoms with Gasteiger partial charge in [-0.2, -0.15) is 0 Å². The molecule has 1 atom stereocenters. The van der Waals surface area contributed by atoms with E-state index in [0.717, 1.165) is 37.6 Å². The van der Waals surface area contributed by atoms with Crippen LogP contribution < -0.4 is 15.6 Å². The third-order valence-corrected chi connectivity index (χ3v) is 8.15. The van der Waals surface area contributed by atoms with Crippen LogP contribution in [0.3, 0.4) is 0 Å². The highest BCUT2D eigenvalue weighted by atomic mass is 35.5. The van der Waals surface area contributed by atoms with E-state index in [0.29, 0.717) is 40.7 Å². The Morgan fingerprint density at radius 3 is 2.79 bits per heavy atom. The van der Waals surface area contributed by atoms with Crippen LogP contribution >= 0.6 is 11.6 Å². The van der Waals surface area contributed by atoms with Crippen LogP contribution in [-0.2, 0) is 6.54 Å². The van der Waals surface area contributed by atoms with Crippen LogP contribution in [0.5, 0.6) is 5.75 Å². The zero-order valence-electron chi connectivity index (χ0n) is 22.7. The molecule has 220 valence electrons. The van der Waals surface area contributed by atoms with Crippen LogP contribution in [0.15, 0.2) is 41.3 Å². The number of halogens is 3. The van der Waals surface area contributed by atoms with E-state index in [1.54, 1.807) is 12.1 Å². The second-order valence-corrected chi connectivity index (χ2v) is 11.1. The number of aromatic nitrogens is 3. The minimum Gasteiger partial charge on any atom is -0.489 e. The zero-order chi connectivity index (χ0) is 29.5. The fourth-order valence-electron chi connectivity index (χ4n) is 5.53. The smallest absolute Gasteiger partial charge is 0.261 e. The molecule has 2 aromatic heterocycles. The molecule has 10 nitrogen and oxygen atoms in total. The SMILES string of the molecule is CN1CCC(N2Cc3cc4[nH]c(-c5c(NC[C@@H](O)COc6cc(F)cc(F)c6Cl)cc[nH]c5=O)nc4cc3C2=O)CC1. The largest absolute Gasteiger partial charge is 0.489 e. The average Bonchev–Trinajstić information content (AvgIpc) is 3.52. The van der Waals surface area contributed by atoms with Crippen molar-refractivity contribution in [3.63, 3.8) is 0 Å². The number of aliphatic hydroxyl groups is 1. The molecule has 42 heavy (non-hydrogen) atoms. The number of hydrogen-bond acceptors (Lipinski definition) is 7. The van der Waals surface area contributed by atoms with E-state index in [4.69, 9.17) is 16.3 Å². The van der Waals surface area contributed by atoms with Crippen LogP contribution in [0.2, 0.25) is 5.02 Å². The first-order valence-electron chi connectivity index (χ1n) is 13.6. The molecule has 1 saturated heterocycles. The number of imidazole rings is 1. The number of fused-ring (bicyclic) bond motifs is 2. The van der Waals surface area contributed by atoms with Crippen molar-refractivity contribution in [3.8, 4) is 17.1 Å². The van der Waals surface area contributed by atoms with Gasteiger partial charge in [0.25, 0.3) is 11.5 Å². The highest BCUT2D eigenvalue weighted by Crippen LogP contribution is 2.33. The average molecular weight is 599 g/mol. The minimum absolute atomic E-state index is 0.00407. The molecule has 0 radical (unpaired) electrons. The van der Waals surface area contributed by atoms with Crippen LogP contribution in [-0.4, -0.2) is 81.2 Å². The molecule has 1 amide bonds. The number of nitrogens with one attached hydrogen (secondary N) is 3. The lowest BCUT2D eigenvalue weighted by Gasteiger charge is -2.34. The van der Waals surface area contributed by atoms with E-state index in [1.165, 1.54) is 6.20 Å². The van der Waals surface area contributed by atoms with Crippen LogP contribution in [0.4, 0.5) is 14.5 Å². The molecule has 0 bridgehead atoms. The van der Waals surface area contributed by atoms with Crippen molar-refractivity contribution >= 4 is 34.2 Å². The Hall–Kier alpha value is -4.00. The van der Waals surface area contributed by atoms with Crippen molar-refractivity contribution < 1.29 is 23.4 Å². The maximum Gasteiger partial charge on any atom is 0.261 e. The second kappa shape index (κ2) is 11.3. The van der Waals surface area contributed by atoms with E-state index in [1.807, 2.05) is 11.0 Å². The number of hydrogen-bond donors (Lipinski definition) is 4. The summed E-state index contributed by atoms with van der Waals surface area (Å²) < 4.78 is 32.5. The van der Waals surface area contributed by atoms with E-state index in [2.05, 4.69) is 32.2 Å². The Morgan fingerprint density at radius 2 is 2.00 bits per heavy atom. The number of carbonyl (C=O) groups is 1. The maximum atomic E-state index is 13.7. The van der Waals surface area contributed by atoms with Gasteiger partial charge in [0.1, 0.15) is 46.5 Å². The van der Waals surface area contributed by atoms with E-state index in [9.17, 15) is 23.5 Å². The van der Waals surface area contributed by atoms with Crippen molar-refractivity contribution in [1.82, 2.24) is 24.8 Å². The van der Waals surface area contributed by atoms with Gasteiger partial charge in [0.15, 0.2) is 0 Å². The van der Waals surface area contributed by atoms with Crippen molar-refractivity contribution in [1.29, 1.82) is 0 Å². The van der Waals surface area contributed by atoms with Gasteiger partial charge in [-0.15, -0.1) is 0 Å². The van der Waals surface area contributed by atoms with Gasteiger partial charge in [-0.05, 0) is 56.7 Å². The lowest BCUT2D eigenvalue weighted by Crippen LogP contribution is -2.43. The molecule has 2 aliphatic rings. The van der Waals surface area contributed by atoms with Crippen molar-refractivity contribution in [2.45, 2.75) is 31.5 Å². The van der Waals surface area contributed by atoms with Gasteiger partial charge in [-0.1, -0.05) is 11.6 Å². The number of nitrogens with zero attached hydrogens (tertiary/aromatic N) is 3. The molecule has 0 aliphatic carbocycles. The fraction of sp³-hybridized carbons (Fsp3) is 0.345. The zero-order valence-corrected chi connectivity index (χ0v) is 23.5. The van der Waals surface area contributed by atoms with Gasteiger partial charge in [-0.3, -0.25) is 9.59 Å². The van der Waals surface area contributed by atoms with Gasteiger partial charge in [-0.25, -0.2) is 13.8 Å². The first kappa shape index (κ1) is 28.1. The topological polar surface area (TPSA) is 127 Å². The summed E-state index contributed by atoms with van der Waals surface area (Å²) in [6, 6.07) is 7.09. The number of amides is 1. The van der Waals surface area contributed by atoms with Crippen LogP contribution in [0.1, 0.15) is 28.8 Å². The van der Waals surface area contributed by atoms with Crippen molar-refractivity contribution in [3.05, 3.63) is 74.7 Å². The predicted molar refractivity (Wildman–Crippen MR) is 154 cm³/mol. The summed E-state index contributed by atoms with van der Waals surface area (Å²) in [4.78, 5) is 40.9. The van der Waals surface area contributed by atoms with Gasteiger partial charge in [0.2, 0.25) is 0 Å². The van der Waals surface area contributed by atoms with E-state index < -0.39 is 23.3 Å². The fourth-order valence-corrected chi connectivity index (χ4v) is 5.70. The van der Waals surface area contributed by atoms with Gasteiger partial charge in [0, 0.05) is 43.0 Å². The number of benzene rings is 2. The molecule has 4 aromatic rings. The number of pyridine rings is 1. The summed E-state index contributed by atoms with van der Waals surface area (Å²) >= 11 is 5.81. The quantitative estimate of drug-likeness (QED) is 0.228. The molecule has 0 unspecified atom stereocenters. The minimum atomic E-state index is -1.11. The first-order valence-corrected chi connectivity index (χ1v) is 14.0. The molecule has 4 N–H and O–H groups in total. The lowest BCUT2D eigenvalue weighted by atomic mass is 10.0. The second-order valence-electron chi connectivity index (χ2n) is 10.7. The van der Waals surface area contributed by atoms with Gasteiger partial charge >= 0.3 is 0 Å². The van der Waals surface area contributed by atoms with Crippen LogP contribution in [0, 0.1) is 11.6 Å². The normalized spacial score (nSPS) is 16.7. The Kier molecular flexibility index (Phi) is 7.60. The molecular formula is C29H29ClF2N6O4. The first-order chi connectivity index (χ1) is 20.2. The number of aliphatic hydroxyl groups excluding tert-OH is 1. The van der Waals surface area contributed by atoms with Gasteiger partial charge in [0.05, 0.1) is 16.7 Å². The number of H-pyrrole nitrogens is 2. The van der Waals surface area contributed by atoms with Crippen LogP contribution in [0.25, 0.3) is 22.4 Å². The number of likely N-dealkylation sites (tertiary alicyclic amines) is 1. The van der Waals surface area contributed by atoms with E-state index >= 15 is 0 Å². The highest BCUT2D eigenvalue weighted by Gasteiger charge is 2.34. The summed E-state index contributed by atoms with van der Waals surface area (Å²) in [5.74, 6) is -1.76. The molecule has 4 heterocycles. The lowest BCUT2D eigenvalue weighted by molar-refractivity contribution is 0.0617. The molecule has 13 heteroatoms. The number of carbonyl (C=O) groups excluding carboxylic acids is 1. The summed E-state index contributed by atoms with van der Waals surface area (Å²) in [5, 5.41) is 13.1. The molecule has 0 spiro atoms. The van der Waals surface area contributed by atoms with E-state index in [-0.39, 0.29) is 41.4 Å². The monoisotopic (exact) mass is 598 g/mol. The predicted octanol–water partition coefficient (Wildman–Crippen LogP) is 3.75. The third-order valence-electron chi connectivity index (χ3n) is 7.78. The summed E-state index contributed by atoms with van der Waals surface area (Å²) in [7, 11) is 2.09. The number of anilines is 1. The molecule has 6 rings (SSSR count). The number of piperidine rings is 1. The highest BCUT2D eigenvalue weighted by molar-refractivity contribution is 6.32. The molecule has 1 fully saturated rings. The maximum absolute atomic E-state index is 13.7. The number of ether oxygens (including phenoxy) is 1. The van der Waals surface area contributed by atoms with Crippen molar-refractivity contribution in [2.24, 2.45) is 0 Å². The summed E-state index contributed by atoms with van der Waals surface area (Å²) in [6.45, 7) is 2.10.